The minimum atomic E-state index is -0.725. The van der Waals surface area contributed by atoms with Gasteiger partial charge in [-0.2, -0.15) is 0 Å². The van der Waals surface area contributed by atoms with Crippen LogP contribution in [0.3, 0.4) is 0 Å². The van der Waals surface area contributed by atoms with Crippen LogP contribution in [0.2, 0.25) is 0 Å². The van der Waals surface area contributed by atoms with Crippen molar-refractivity contribution in [3.63, 3.8) is 0 Å². The second-order valence-corrected chi connectivity index (χ2v) is 5.10. The first-order valence-corrected chi connectivity index (χ1v) is 7.71. The summed E-state index contributed by atoms with van der Waals surface area (Å²) in [6, 6.07) is 6.22. The molecular weight excluding hydrogens is 328 g/mol. The lowest BCUT2D eigenvalue weighted by molar-refractivity contribution is -0.148. The fraction of sp³-hybridized carbons (Fsp3) is 0.312. The first-order chi connectivity index (χ1) is 12.0. The number of hydrogen-bond donors (Lipinski definition) is 3. The van der Waals surface area contributed by atoms with Crippen LogP contribution in [0.4, 0.5) is 4.79 Å². The number of carbonyl (C=O) groups is 3. The molecular formula is C16H18N4O5. The first kappa shape index (κ1) is 18.1. The summed E-state index contributed by atoms with van der Waals surface area (Å²) >= 11 is 0. The Labute approximate surface area is 142 Å². The van der Waals surface area contributed by atoms with Crippen molar-refractivity contribution in [2.75, 3.05) is 13.2 Å². The SMILES string of the molecule is CCNC(=O)NC(=O)COC(=O)CCc1nc2ccccc2c(=O)[nH]1. The number of benzene rings is 1. The van der Waals surface area contributed by atoms with Gasteiger partial charge in [-0.25, -0.2) is 9.78 Å². The zero-order valence-electron chi connectivity index (χ0n) is 13.6. The van der Waals surface area contributed by atoms with Crippen LogP contribution in [0, 0.1) is 0 Å². The van der Waals surface area contributed by atoms with Gasteiger partial charge in [-0.05, 0) is 19.1 Å². The van der Waals surface area contributed by atoms with Crippen molar-refractivity contribution in [3.8, 4) is 0 Å². The number of rotatable bonds is 6. The van der Waals surface area contributed by atoms with Crippen molar-refractivity contribution < 1.29 is 19.1 Å². The van der Waals surface area contributed by atoms with E-state index in [1.165, 1.54) is 0 Å². The van der Waals surface area contributed by atoms with Gasteiger partial charge in [0, 0.05) is 13.0 Å². The Morgan fingerprint density at radius 1 is 1.24 bits per heavy atom. The molecule has 0 radical (unpaired) electrons. The van der Waals surface area contributed by atoms with Crippen LogP contribution in [-0.4, -0.2) is 41.0 Å². The van der Waals surface area contributed by atoms with Crippen LogP contribution >= 0.6 is 0 Å². The first-order valence-electron chi connectivity index (χ1n) is 7.71. The zero-order valence-corrected chi connectivity index (χ0v) is 13.6. The number of urea groups is 1. The number of nitrogens with one attached hydrogen (secondary N) is 3. The lowest BCUT2D eigenvalue weighted by Gasteiger charge is -2.06. The number of aryl methyl sites for hydroxylation is 1. The number of para-hydroxylation sites is 1. The van der Waals surface area contributed by atoms with Crippen LogP contribution < -0.4 is 16.2 Å². The molecule has 0 aliphatic rings. The number of ether oxygens (including phenoxy) is 1. The van der Waals surface area contributed by atoms with Crippen LogP contribution in [0.15, 0.2) is 29.1 Å². The van der Waals surface area contributed by atoms with Crippen molar-refractivity contribution in [2.24, 2.45) is 0 Å². The monoisotopic (exact) mass is 346 g/mol. The number of nitrogens with zero attached hydrogens (tertiary/aromatic N) is 1. The molecule has 0 bridgehead atoms. The molecule has 9 nitrogen and oxygen atoms in total. The average Bonchev–Trinajstić information content (AvgIpc) is 2.58. The minimum Gasteiger partial charge on any atom is -0.456 e. The molecule has 2 rings (SSSR count). The predicted molar refractivity (Wildman–Crippen MR) is 88.9 cm³/mol. The Hall–Kier alpha value is -3.23. The van der Waals surface area contributed by atoms with Gasteiger partial charge in [0.1, 0.15) is 5.82 Å². The third kappa shape index (κ3) is 5.41. The molecule has 3 amide bonds. The van der Waals surface area contributed by atoms with Gasteiger partial charge in [0.05, 0.1) is 17.3 Å². The van der Waals surface area contributed by atoms with Gasteiger partial charge < -0.3 is 15.0 Å². The number of aromatic amines is 1. The van der Waals surface area contributed by atoms with Crippen molar-refractivity contribution in [3.05, 3.63) is 40.4 Å². The van der Waals surface area contributed by atoms with Crippen molar-refractivity contribution in [1.82, 2.24) is 20.6 Å². The van der Waals surface area contributed by atoms with Gasteiger partial charge in [0.2, 0.25) is 0 Å². The number of aromatic nitrogens is 2. The highest BCUT2D eigenvalue weighted by Crippen LogP contribution is 2.06. The van der Waals surface area contributed by atoms with E-state index in [0.717, 1.165) is 0 Å². The van der Waals surface area contributed by atoms with Crippen LogP contribution in [0.25, 0.3) is 10.9 Å². The third-order valence-electron chi connectivity index (χ3n) is 3.18. The molecule has 0 aliphatic heterocycles. The highest BCUT2D eigenvalue weighted by atomic mass is 16.5. The summed E-state index contributed by atoms with van der Waals surface area (Å²) in [7, 11) is 0. The standard InChI is InChI=1S/C16H18N4O5/c1-2-17-16(24)20-13(21)9-25-14(22)8-7-12-18-11-6-4-3-5-10(11)15(23)19-12/h3-6H,2,7-9H2,1H3,(H,18,19,23)(H2,17,20,21,24). The Bertz CT molecular complexity index is 846. The van der Waals surface area contributed by atoms with Gasteiger partial charge in [0.15, 0.2) is 6.61 Å². The topological polar surface area (TPSA) is 130 Å². The summed E-state index contributed by atoms with van der Waals surface area (Å²) in [6.45, 7) is 1.52. The van der Waals surface area contributed by atoms with E-state index in [0.29, 0.717) is 23.3 Å². The number of H-pyrrole nitrogens is 1. The predicted octanol–water partition coefficient (Wildman–Crippen LogP) is 0.245. The summed E-state index contributed by atoms with van der Waals surface area (Å²) in [6.07, 6.45) is 0.104. The molecule has 1 aromatic heterocycles. The average molecular weight is 346 g/mol. The zero-order chi connectivity index (χ0) is 18.2. The maximum atomic E-state index is 11.9. The number of imide groups is 1. The van der Waals surface area contributed by atoms with E-state index in [4.69, 9.17) is 4.74 Å². The Kier molecular flexibility index (Phi) is 6.21. The quantitative estimate of drug-likeness (QED) is 0.643. The molecule has 0 spiro atoms. The molecule has 0 unspecified atom stereocenters. The molecule has 2 aromatic rings. The second-order valence-electron chi connectivity index (χ2n) is 5.10. The molecule has 0 saturated heterocycles. The van der Waals surface area contributed by atoms with Crippen molar-refractivity contribution in [2.45, 2.75) is 19.8 Å². The molecule has 0 fully saturated rings. The maximum Gasteiger partial charge on any atom is 0.321 e. The largest absolute Gasteiger partial charge is 0.456 e. The lowest BCUT2D eigenvalue weighted by Crippen LogP contribution is -2.41. The number of carbonyl (C=O) groups excluding carboxylic acids is 3. The Balaban J connectivity index is 1.83. The molecule has 0 aliphatic carbocycles. The fourth-order valence-electron chi connectivity index (χ4n) is 2.06. The van der Waals surface area contributed by atoms with Crippen LogP contribution in [-0.2, 0) is 20.7 Å². The maximum absolute atomic E-state index is 11.9. The van der Waals surface area contributed by atoms with Gasteiger partial charge in [-0.1, -0.05) is 12.1 Å². The normalized spacial score (nSPS) is 10.3. The number of amides is 3. The van der Waals surface area contributed by atoms with Gasteiger partial charge in [-0.15, -0.1) is 0 Å². The number of esters is 1. The summed E-state index contributed by atoms with van der Waals surface area (Å²) in [4.78, 5) is 53.0. The highest BCUT2D eigenvalue weighted by molar-refractivity contribution is 5.95. The van der Waals surface area contributed by atoms with Crippen molar-refractivity contribution >= 4 is 28.8 Å². The van der Waals surface area contributed by atoms with Crippen molar-refractivity contribution in [1.29, 1.82) is 0 Å². The van der Waals surface area contributed by atoms with Gasteiger partial charge in [0.25, 0.3) is 11.5 Å². The van der Waals surface area contributed by atoms with E-state index in [1.54, 1.807) is 31.2 Å². The van der Waals surface area contributed by atoms with E-state index in [-0.39, 0.29) is 18.4 Å². The van der Waals surface area contributed by atoms with E-state index in [2.05, 4.69) is 15.3 Å². The second kappa shape index (κ2) is 8.57. The molecule has 0 atom stereocenters. The summed E-state index contributed by atoms with van der Waals surface area (Å²) in [5, 5.41) is 4.86. The Morgan fingerprint density at radius 2 is 2.00 bits per heavy atom. The molecule has 1 heterocycles. The molecule has 3 N–H and O–H groups in total. The van der Waals surface area contributed by atoms with Crippen LogP contribution in [0.5, 0.6) is 0 Å². The molecule has 9 heteroatoms. The number of hydrogen-bond acceptors (Lipinski definition) is 6. The lowest BCUT2D eigenvalue weighted by atomic mass is 10.2. The van der Waals surface area contributed by atoms with E-state index in [9.17, 15) is 19.2 Å². The molecule has 0 saturated carbocycles. The highest BCUT2D eigenvalue weighted by Gasteiger charge is 2.11. The minimum absolute atomic E-state index is 0.0598. The summed E-state index contributed by atoms with van der Waals surface area (Å²) in [5.74, 6) is -1.01. The smallest absolute Gasteiger partial charge is 0.321 e. The molecule has 1 aromatic carbocycles. The molecule has 132 valence electrons. The molecule has 25 heavy (non-hydrogen) atoms. The van der Waals surface area contributed by atoms with E-state index in [1.807, 2.05) is 5.32 Å². The number of fused-ring (bicyclic) bond motifs is 1. The van der Waals surface area contributed by atoms with Gasteiger partial charge >= 0.3 is 12.0 Å². The van der Waals surface area contributed by atoms with E-state index >= 15 is 0 Å². The van der Waals surface area contributed by atoms with E-state index < -0.39 is 24.5 Å². The van der Waals surface area contributed by atoms with Gasteiger partial charge in [-0.3, -0.25) is 19.7 Å². The summed E-state index contributed by atoms with van der Waals surface area (Å²) < 4.78 is 4.77. The Morgan fingerprint density at radius 3 is 2.76 bits per heavy atom. The third-order valence-corrected chi connectivity index (χ3v) is 3.18. The fourth-order valence-corrected chi connectivity index (χ4v) is 2.06. The van der Waals surface area contributed by atoms with Crippen LogP contribution in [0.1, 0.15) is 19.2 Å². The summed E-state index contributed by atoms with van der Waals surface area (Å²) in [5.41, 5.74) is 0.256.